The number of amides is 1. The molecule has 1 amide bonds. The first kappa shape index (κ1) is 16.2. The molecule has 0 atom stereocenters. The summed E-state index contributed by atoms with van der Waals surface area (Å²) < 4.78 is 5.16. The molecule has 1 heterocycles. The van der Waals surface area contributed by atoms with E-state index in [0.717, 1.165) is 27.2 Å². The summed E-state index contributed by atoms with van der Waals surface area (Å²) in [6.45, 7) is 0.417. The van der Waals surface area contributed by atoms with Crippen LogP contribution in [0.2, 0.25) is 0 Å². The minimum atomic E-state index is -0.235. The predicted molar refractivity (Wildman–Crippen MR) is 94.5 cm³/mol. The number of fused-ring (bicyclic) bond motifs is 1. The SMILES string of the molecule is COc1cccc(SCC(=O)NCc2ccc3[nH]c(=O)[nH]c3c2)c1. The molecule has 3 N–H and O–H groups in total. The van der Waals surface area contributed by atoms with Gasteiger partial charge in [-0.25, -0.2) is 4.79 Å². The minimum Gasteiger partial charge on any atom is -0.497 e. The summed E-state index contributed by atoms with van der Waals surface area (Å²) in [5, 5.41) is 2.88. The van der Waals surface area contributed by atoms with Gasteiger partial charge < -0.3 is 20.0 Å². The molecule has 0 saturated carbocycles. The first-order valence-electron chi connectivity index (χ1n) is 7.38. The fourth-order valence-corrected chi connectivity index (χ4v) is 3.06. The second kappa shape index (κ2) is 7.27. The molecule has 0 radical (unpaired) electrons. The van der Waals surface area contributed by atoms with E-state index in [1.165, 1.54) is 11.8 Å². The summed E-state index contributed by atoms with van der Waals surface area (Å²) in [7, 11) is 1.62. The van der Waals surface area contributed by atoms with Crippen molar-refractivity contribution in [3.05, 3.63) is 58.5 Å². The molecule has 24 heavy (non-hydrogen) atoms. The number of aromatic nitrogens is 2. The van der Waals surface area contributed by atoms with Gasteiger partial charge in [-0.3, -0.25) is 4.79 Å². The number of carbonyl (C=O) groups is 1. The molecule has 2 aromatic carbocycles. The lowest BCUT2D eigenvalue weighted by atomic mass is 10.2. The van der Waals surface area contributed by atoms with Crippen LogP contribution < -0.4 is 15.7 Å². The Morgan fingerprint density at radius 3 is 2.83 bits per heavy atom. The van der Waals surface area contributed by atoms with Gasteiger partial charge in [0, 0.05) is 11.4 Å². The minimum absolute atomic E-state index is 0.0505. The Kier molecular flexibility index (Phi) is 4.90. The van der Waals surface area contributed by atoms with Gasteiger partial charge >= 0.3 is 5.69 Å². The number of thioether (sulfide) groups is 1. The Labute approximate surface area is 142 Å². The van der Waals surface area contributed by atoms with Crippen molar-refractivity contribution in [2.45, 2.75) is 11.4 Å². The molecule has 0 aliphatic rings. The molecule has 6 nitrogen and oxygen atoms in total. The van der Waals surface area contributed by atoms with Crippen LogP contribution in [0.25, 0.3) is 11.0 Å². The molecular formula is C17H17N3O3S. The van der Waals surface area contributed by atoms with Gasteiger partial charge in [0.15, 0.2) is 0 Å². The number of methoxy groups -OCH3 is 1. The number of H-pyrrole nitrogens is 2. The van der Waals surface area contributed by atoms with Crippen molar-refractivity contribution >= 4 is 28.7 Å². The molecule has 3 aromatic rings. The highest BCUT2D eigenvalue weighted by Crippen LogP contribution is 2.22. The highest BCUT2D eigenvalue weighted by atomic mass is 32.2. The first-order valence-corrected chi connectivity index (χ1v) is 8.37. The normalized spacial score (nSPS) is 10.7. The molecule has 3 rings (SSSR count). The molecule has 0 unspecified atom stereocenters. The van der Waals surface area contributed by atoms with Crippen molar-refractivity contribution in [3.63, 3.8) is 0 Å². The Morgan fingerprint density at radius 1 is 1.17 bits per heavy atom. The molecule has 0 saturated heterocycles. The standard InChI is InChI=1S/C17H17N3O3S/c1-23-12-3-2-4-13(8-12)24-10-16(21)18-9-11-5-6-14-15(7-11)20-17(22)19-14/h2-8H,9-10H2,1H3,(H,18,21)(H2,19,20,22). The fraction of sp³-hybridized carbons (Fsp3) is 0.176. The average molecular weight is 343 g/mol. The third-order valence-electron chi connectivity index (χ3n) is 3.48. The van der Waals surface area contributed by atoms with Crippen molar-refractivity contribution in [3.8, 4) is 5.75 Å². The van der Waals surface area contributed by atoms with Crippen LogP contribution in [0.1, 0.15) is 5.56 Å². The maximum absolute atomic E-state index is 12.0. The molecule has 0 bridgehead atoms. The number of nitrogens with one attached hydrogen (secondary N) is 3. The van der Waals surface area contributed by atoms with E-state index in [4.69, 9.17) is 4.74 Å². The van der Waals surface area contributed by atoms with E-state index >= 15 is 0 Å². The molecule has 0 spiro atoms. The van der Waals surface area contributed by atoms with E-state index in [2.05, 4.69) is 15.3 Å². The largest absolute Gasteiger partial charge is 0.497 e. The summed E-state index contributed by atoms with van der Waals surface area (Å²) in [4.78, 5) is 29.6. The number of imidazole rings is 1. The maximum atomic E-state index is 12.0. The van der Waals surface area contributed by atoms with E-state index in [0.29, 0.717) is 12.3 Å². The zero-order valence-electron chi connectivity index (χ0n) is 13.1. The number of hydrogen-bond acceptors (Lipinski definition) is 4. The van der Waals surface area contributed by atoms with E-state index in [9.17, 15) is 9.59 Å². The maximum Gasteiger partial charge on any atom is 0.323 e. The average Bonchev–Trinajstić information content (AvgIpc) is 2.97. The summed E-state index contributed by atoms with van der Waals surface area (Å²) in [5.41, 5.74) is 2.18. The van der Waals surface area contributed by atoms with E-state index in [1.54, 1.807) is 7.11 Å². The molecule has 124 valence electrons. The highest BCUT2D eigenvalue weighted by Gasteiger charge is 2.05. The zero-order valence-corrected chi connectivity index (χ0v) is 13.9. The lowest BCUT2D eigenvalue weighted by Gasteiger charge is -2.06. The molecule has 0 aliphatic carbocycles. The van der Waals surface area contributed by atoms with Gasteiger partial charge in [-0.15, -0.1) is 11.8 Å². The molecule has 0 fully saturated rings. The summed E-state index contributed by atoms with van der Waals surface area (Å²) in [6, 6.07) is 13.1. The van der Waals surface area contributed by atoms with Crippen molar-refractivity contribution < 1.29 is 9.53 Å². The van der Waals surface area contributed by atoms with Gasteiger partial charge in [0.1, 0.15) is 5.75 Å². The molecule has 1 aromatic heterocycles. The van der Waals surface area contributed by atoms with Gasteiger partial charge in [-0.1, -0.05) is 12.1 Å². The number of rotatable bonds is 6. The Hall–Kier alpha value is -2.67. The van der Waals surface area contributed by atoms with E-state index in [1.807, 2.05) is 42.5 Å². The lowest BCUT2D eigenvalue weighted by molar-refractivity contribution is -0.118. The van der Waals surface area contributed by atoms with E-state index in [-0.39, 0.29) is 11.6 Å². The molecular weight excluding hydrogens is 326 g/mol. The van der Waals surface area contributed by atoms with Crippen molar-refractivity contribution in [1.82, 2.24) is 15.3 Å². The van der Waals surface area contributed by atoms with Crippen LogP contribution in [0.3, 0.4) is 0 Å². The van der Waals surface area contributed by atoms with E-state index < -0.39 is 0 Å². The summed E-state index contributed by atoms with van der Waals surface area (Å²) in [5.74, 6) is 1.05. The van der Waals surface area contributed by atoms with Gasteiger partial charge in [-0.2, -0.15) is 0 Å². The van der Waals surface area contributed by atoms with Crippen LogP contribution in [0.4, 0.5) is 0 Å². The van der Waals surface area contributed by atoms with Crippen molar-refractivity contribution in [2.75, 3.05) is 12.9 Å². The van der Waals surface area contributed by atoms with Crippen LogP contribution in [0, 0.1) is 0 Å². The van der Waals surface area contributed by atoms with Gasteiger partial charge in [-0.05, 0) is 35.9 Å². The monoisotopic (exact) mass is 343 g/mol. The second-order valence-electron chi connectivity index (χ2n) is 5.20. The summed E-state index contributed by atoms with van der Waals surface area (Å²) in [6.07, 6.45) is 0. The molecule has 0 aliphatic heterocycles. The fourth-order valence-electron chi connectivity index (χ4n) is 2.28. The number of aromatic amines is 2. The topological polar surface area (TPSA) is 87.0 Å². The Bertz CT molecular complexity index is 917. The number of benzene rings is 2. The number of hydrogen-bond donors (Lipinski definition) is 3. The highest BCUT2D eigenvalue weighted by molar-refractivity contribution is 8.00. The molecule has 7 heteroatoms. The smallest absolute Gasteiger partial charge is 0.323 e. The number of ether oxygens (including phenoxy) is 1. The zero-order chi connectivity index (χ0) is 16.9. The summed E-state index contributed by atoms with van der Waals surface area (Å²) >= 11 is 1.45. The quantitative estimate of drug-likeness (QED) is 0.599. The van der Waals surface area contributed by atoms with Gasteiger partial charge in [0.25, 0.3) is 0 Å². The van der Waals surface area contributed by atoms with Crippen LogP contribution >= 0.6 is 11.8 Å². The Balaban J connectivity index is 1.53. The first-order chi connectivity index (χ1) is 11.6. The van der Waals surface area contributed by atoms with Gasteiger partial charge in [0.2, 0.25) is 5.91 Å². The number of carbonyl (C=O) groups excluding carboxylic acids is 1. The van der Waals surface area contributed by atoms with Crippen molar-refractivity contribution in [2.24, 2.45) is 0 Å². The van der Waals surface area contributed by atoms with Crippen LogP contribution in [0.15, 0.2) is 52.2 Å². The predicted octanol–water partition coefficient (Wildman–Crippen LogP) is 2.27. The van der Waals surface area contributed by atoms with Crippen LogP contribution in [-0.2, 0) is 11.3 Å². The van der Waals surface area contributed by atoms with Crippen molar-refractivity contribution in [1.29, 1.82) is 0 Å². The third kappa shape index (κ3) is 3.99. The lowest BCUT2D eigenvalue weighted by Crippen LogP contribution is -2.24. The second-order valence-corrected chi connectivity index (χ2v) is 6.25. The third-order valence-corrected chi connectivity index (χ3v) is 4.47. The van der Waals surface area contributed by atoms with Crippen LogP contribution in [-0.4, -0.2) is 28.7 Å². The van der Waals surface area contributed by atoms with Gasteiger partial charge in [0.05, 0.1) is 23.9 Å². The van der Waals surface area contributed by atoms with Crippen LogP contribution in [0.5, 0.6) is 5.75 Å². The Morgan fingerprint density at radius 2 is 2.00 bits per heavy atom.